The number of ether oxygens (including phenoxy) is 1. The molecular weight excluding hydrogens is 280 g/mol. The first-order chi connectivity index (χ1) is 9.38. The zero-order valence-electron chi connectivity index (χ0n) is 14.7. The van der Waals surface area contributed by atoms with E-state index in [0.717, 1.165) is 12.2 Å². The highest BCUT2D eigenvalue weighted by Gasteiger charge is 2.66. The third-order valence-electron chi connectivity index (χ3n) is 5.64. The van der Waals surface area contributed by atoms with E-state index in [1.807, 2.05) is 0 Å². The lowest BCUT2D eigenvalue weighted by Gasteiger charge is -2.39. The molecule has 2 aliphatic carbocycles. The molecule has 4 atom stereocenters. The molecule has 21 heavy (non-hydrogen) atoms. The topological polar surface area (TPSA) is 35.5 Å². The van der Waals surface area contributed by atoms with E-state index in [1.165, 1.54) is 6.92 Å². The van der Waals surface area contributed by atoms with Crippen molar-refractivity contribution in [1.82, 2.24) is 0 Å². The predicted molar refractivity (Wildman–Crippen MR) is 87.3 cm³/mol. The molecule has 3 nitrogen and oxygen atoms in total. The maximum atomic E-state index is 11.3. The molecule has 0 spiro atoms. The molecule has 0 N–H and O–H groups in total. The highest BCUT2D eigenvalue weighted by atomic mass is 28.4. The molecule has 0 unspecified atom stereocenters. The lowest BCUT2D eigenvalue weighted by atomic mass is 9.88. The normalized spacial score (nSPS) is 35.6. The van der Waals surface area contributed by atoms with Crippen molar-refractivity contribution in [1.29, 1.82) is 0 Å². The van der Waals surface area contributed by atoms with Gasteiger partial charge in [-0.15, -0.1) is 0 Å². The molecular formula is C17H30O3Si. The Morgan fingerprint density at radius 2 is 1.95 bits per heavy atom. The third kappa shape index (κ3) is 2.92. The summed E-state index contributed by atoms with van der Waals surface area (Å²) >= 11 is 0. The van der Waals surface area contributed by atoms with Gasteiger partial charge in [-0.2, -0.15) is 0 Å². The van der Waals surface area contributed by atoms with Crippen LogP contribution in [0.3, 0.4) is 0 Å². The van der Waals surface area contributed by atoms with Crippen LogP contribution in [0, 0.1) is 17.3 Å². The molecule has 0 aromatic heterocycles. The summed E-state index contributed by atoms with van der Waals surface area (Å²) < 4.78 is 12.0. The van der Waals surface area contributed by atoms with Gasteiger partial charge in [-0.25, -0.2) is 0 Å². The summed E-state index contributed by atoms with van der Waals surface area (Å²) in [5, 5.41) is 0.202. The van der Waals surface area contributed by atoms with Crippen molar-refractivity contribution >= 4 is 14.3 Å². The Labute approximate surface area is 130 Å². The zero-order valence-corrected chi connectivity index (χ0v) is 15.7. The van der Waals surface area contributed by atoms with Gasteiger partial charge in [-0.05, 0) is 30.1 Å². The van der Waals surface area contributed by atoms with Crippen LogP contribution in [0.4, 0.5) is 0 Å². The summed E-state index contributed by atoms with van der Waals surface area (Å²) in [6.45, 7) is 17.3. The highest BCUT2D eigenvalue weighted by molar-refractivity contribution is 6.74. The predicted octanol–water partition coefficient (Wildman–Crippen LogP) is 4.50. The average molecular weight is 311 g/mol. The fourth-order valence-corrected chi connectivity index (χ4v) is 4.50. The van der Waals surface area contributed by atoms with E-state index < -0.39 is 8.32 Å². The van der Waals surface area contributed by atoms with Gasteiger partial charge in [0, 0.05) is 24.7 Å². The van der Waals surface area contributed by atoms with E-state index in [9.17, 15) is 4.79 Å². The highest BCUT2D eigenvalue weighted by Crippen LogP contribution is 2.63. The third-order valence-corrected chi connectivity index (χ3v) is 10.0. The van der Waals surface area contributed by atoms with E-state index >= 15 is 0 Å². The van der Waals surface area contributed by atoms with Gasteiger partial charge in [0.05, 0.1) is 5.76 Å². The summed E-state index contributed by atoms with van der Waals surface area (Å²) in [6.07, 6.45) is 3.24. The van der Waals surface area contributed by atoms with Gasteiger partial charge in [0.15, 0.2) is 0 Å². The molecule has 2 rings (SSSR count). The van der Waals surface area contributed by atoms with Crippen LogP contribution in [-0.4, -0.2) is 20.4 Å². The zero-order chi connectivity index (χ0) is 16.2. The standard InChI is InChI=1S/C17H30O3Si/c1-11-9-13(20-21(7,8)16(3,4)5)10-17(6)14(11)15(17)19-12(2)18/h10-11,14-15H,9H2,1-8H3/t11-,14-,15+,17-/m0/s1. The molecule has 0 heterocycles. The lowest BCUT2D eigenvalue weighted by Crippen LogP contribution is -2.41. The maximum Gasteiger partial charge on any atom is 0.302 e. The van der Waals surface area contributed by atoms with E-state index in [-0.39, 0.29) is 22.5 Å². The second-order valence-electron chi connectivity index (χ2n) is 8.58. The second kappa shape index (κ2) is 4.87. The minimum Gasteiger partial charge on any atom is -0.547 e. The SMILES string of the molecule is CC(=O)O[C@@H]1[C@@H]2[C@@H](C)CC(O[Si](C)(C)C(C)(C)C)=C[C@@]21C. The van der Waals surface area contributed by atoms with Crippen molar-refractivity contribution in [3.63, 3.8) is 0 Å². The minimum absolute atomic E-state index is 0.0268. The Morgan fingerprint density at radius 3 is 2.43 bits per heavy atom. The number of fused-ring (bicyclic) bond motifs is 1. The van der Waals surface area contributed by atoms with Gasteiger partial charge >= 0.3 is 5.97 Å². The molecule has 120 valence electrons. The molecule has 0 aromatic rings. The Kier molecular flexibility index (Phi) is 3.85. The number of hydrogen-bond acceptors (Lipinski definition) is 3. The van der Waals surface area contributed by atoms with Crippen LogP contribution in [0.2, 0.25) is 18.1 Å². The van der Waals surface area contributed by atoms with Gasteiger partial charge in [-0.1, -0.05) is 34.6 Å². The van der Waals surface area contributed by atoms with Gasteiger partial charge in [0.2, 0.25) is 8.32 Å². The summed E-state index contributed by atoms with van der Waals surface area (Å²) in [5.41, 5.74) is -0.0268. The second-order valence-corrected chi connectivity index (χ2v) is 13.3. The van der Waals surface area contributed by atoms with Gasteiger partial charge in [-0.3, -0.25) is 4.79 Å². The van der Waals surface area contributed by atoms with E-state index in [0.29, 0.717) is 11.8 Å². The van der Waals surface area contributed by atoms with Crippen molar-refractivity contribution in [3.05, 3.63) is 11.8 Å². The first kappa shape index (κ1) is 16.6. The van der Waals surface area contributed by atoms with E-state index in [1.54, 1.807) is 0 Å². The van der Waals surface area contributed by atoms with Crippen LogP contribution in [0.15, 0.2) is 11.8 Å². The van der Waals surface area contributed by atoms with Crippen molar-refractivity contribution < 1.29 is 14.0 Å². The minimum atomic E-state index is -1.80. The summed E-state index contributed by atoms with van der Waals surface area (Å²) in [7, 11) is -1.80. The molecule has 0 aliphatic heterocycles. The Balaban J connectivity index is 2.17. The average Bonchev–Trinajstić information content (AvgIpc) is 2.79. The maximum absolute atomic E-state index is 11.3. The molecule has 0 radical (unpaired) electrons. The van der Waals surface area contributed by atoms with Crippen molar-refractivity contribution in [2.24, 2.45) is 17.3 Å². The fraction of sp³-hybridized carbons (Fsp3) is 0.824. The molecule has 0 saturated heterocycles. The summed E-state index contributed by atoms with van der Waals surface area (Å²) in [4.78, 5) is 11.3. The lowest BCUT2D eigenvalue weighted by molar-refractivity contribution is -0.143. The van der Waals surface area contributed by atoms with Crippen LogP contribution in [-0.2, 0) is 14.0 Å². The van der Waals surface area contributed by atoms with E-state index in [2.05, 4.69) is 53.8 Å². The number of carbonyl (C=O) groups excluding carboxylic acids is 1. The van der Waals surface area contributed by atoms with Gasteiger partial charge in [0.25, 0.3) is 0 Å². The molecule has 0 amide bonds. The summed E-state index contributed by atoms with van der Waals surface area (Å²) in [5.74, 6) is 1.89. The molecule has 1 fully saturated rings. The van der Waals surface area contributed by atoms with Crippen molar-refractivity contribution in [3.8, 4) is 0 Å². The molecule has 4 heteroatoms. The summed E-state index contributed by atoms with van der Waals surface area (Å²) in [6, 6.07) is 0. The Hall–Kier alpha value is -0.773. The van der Waals surface area contributed by atoms with Crippen molar-refractivity contribution in [2.75, 3.05) is 0 Å². The number of rotatable bonds is 3. The van der Waals surface area contributed by atoms with Crippen LogP contribution < -0.4 is 0 Å². The van der Waals surface area contributed by atoms with Crippen molar-refractivity contribution in [2.45, 2.75) is 72.2 Å². The molecule has 0 aromatic carbocycles. The van der Waals surface area contributed by atoms with Crippen LogP contribution in [0.1, 0.15) is 48.0 Å². The Morgan fingerprint density at radius 1 is 1.38 bits per heavy atom. The Bertz CT molecular complexity index is 475. The molecule has 0 bridgehead atoms. The number of hydrogen-bond donors (Lipinski definition) is 0. The number of carbonyl (C=O) groups is 1. The van der Waals surface area contributed by atoms with Crippen LogP contribution >= 0.6 is 0 Å². The first-order valence-electron chi connectivity index (χ1n) is 7.96. The smallest absolute Gasteiger partial charge is 0.302 e. The fourth-order valence-electron chi connectivity index (χ4n) is 3.40. The number of allylic oxidation sites excluding steroid dienone is 1. The van der Waals surface area contributed by atoms with Crippen LogP contribution in [0.25, 0.3) is 0 Å². The molecule has 2 aliphatic rings. The quantitative estimate of drug-likeness (QED) is 0.569. The largest absolute Gasteiger partial charge is 0.547 e. The number of esters is 1. The van der Waals surface area contributed by atoms with Gasteiger partial charge < -0.3 is 9.16 Å². The van der Waals surface area contributed by atoms with Crippen LogP contribution in [0.5, 0.6) is 0 Å². The first-order valence-corrected chi connectivity index (χ1v) is 10.9. The van der Waals surface area contributed by atoms with Gasteiger partial charge in [0.1, 0.15) is 6.10 Å². The molecule has 1 saturated carbocycles. The van der Waals surface area contributed by atoms with E-state index in [4.69, 9.17) is 9.16 Å². The monoisotopic (exact) mass is 310 g/mol.